The number of aryl methyl sites for hydroxylation is 1. The smallest absolute Gasteiger partial charge is 0.147 e. The zero-order valence-corrected chi connectivity index (χ0v) is 10.8. The van der Waals surface area contributed by atoms with Gasteiger partial charge < -0.3 is 5.32 Å². The molecule has 0 aliphatic heterocycles. The van der Waals surface area contributed by atoms with Gasteiger partial charge in [0.2, 0.25) is 0 Å². The molecule has 1 saturated carbocycles. The summed E-state index contributed by atoms with van der Waals surface area (Å²) in [5.74, 6) is 2.15. The van der Waals surface area contributed by atoms with Gasteiger partial charge in [0.15, 0.2) is 0 Å². The third kappa shape index (κ3) is 2.67. The van der Waals surface area contributed by atoms with Crippen LogP contribution in [0.3, 0.4) is 0 Å². The van der Waals surface area contributed by atoms with E-state index in [4.69, 9.17) is 0 Å². The van der Waals surface area contributed by atoms with Crippen LogP contribution in [0.2, 0.25) is 0 Å². The summed E-state index contributed by atoms with van der Waals surface area (Å²) in [4.78, 5) is 8.61. The van der Waals surface area contributed by atoms with Crippen LogP contribution in [0, 0.1) is 6.92 Å². The Kier molecular flexibility index (Phi) is 4.04. The second-order valence-electron chi connectivity index (χ2n) is 4.17. The van der Waals surface area contributed by atoms with Crippen LogP contribution in [0.5, 0.6) is 0 Å². The number of anilines is 1. The van der Waals surface area contributed by atoms with Gasteiger partial charge >= 0.3 is 0 Å². The molecule has 3 nitrogen and oxygen atoms in total. The van der Waals surface area contributed by atoms with Gasteiger partial charge in [-0.25, -0.2) is 4.98 Å². The van der Waals surface area contributed by atoms with Crippen molar-refractivity contribution in [2.24, 2.45) is 0 Å². The molecule has 2 rings (SSSR count). The zero-order valence-electron chi connectivity index (χ0n) is 9.94. The van der Waals surface area contributed by atoms with Gasteiger partial charge in [-0.3, -0.25) is 4.98 Å². The lowest BCUT2D eigenvalue weighted by Crippen LogP contribution is -2.27. The average Bonchev–Trinajstić information content (AvgIpc) is 2.70. The minimum atomic E-state index is 0.570. The van der Waals surface area contributed by atoms with E-state index in [1.807, 2.05) is 6.92 Å². The van der Waals surface area contributed by atoms with Crippen LogP contribution in [0.4, 0.5) is 5.82 Å². The van der Waals surface area contributed by atoms with Crippen LogP contribution in [0.25, 0.3) is 0 Å². The molecule has 4 heteroatoms. The summed E-state index contributed by atoms with van der Waals surface area (Å²) >= 11 is 2.06. The Morgan fingerprint density at radius 1 is 1.38 bits per heavy atom. The van der Waals surface area contributed by atoms with Crippen molar-refractivity contribution in [3.8, 4) is 0 Å². The molecule has 88 valence electrons. The first kappa shape index (κ1) is 11.7. The van der Waals surface area contributed by atoms with Gasteiger partial charge in [0.1, 0.15) is 5.82 Å². The Labute approximate surface area is 101 Å². The molecule has 0 radical (unpaired) electrons. The van der Waals surface area contributed by atoms with Crippen molar-refractivity contribution in [2.75, 3.05) is 11.1 Å². The van der Waals surface area contributed by atoms with Crippen molar-refractivity contribution < 1.29 is 0 Å². The van der Waals surface area contributed by atoms with Gasteiger partial charge in [-0.05, 0) is 25.5 Å². The third-order valence-corrected chi connectivity index (χ3v) is 4.36. The fourth-order valence-corrected chi connectivity index (χ4v) is 3.43. The van der Waals surface area contributed by atoms with Gasteiger partial charge in [0, 0.05) is 23.7 Å². The molecule has 16 heavy (non-hydrogen) atoms. The van der Waals surface area contributed by atoms with Gasteiger partial charge in [-0.2, -0.15) is 11.8 Å². The van der Waals surface area contributed by atoms with Crippen LogP contribution < -0.4 is 5.32 Å². The predicted octanol–water partition coefficient (Wildman–Crippen LogP) is 2.87. The van der Waals surface area contributed by atoms with E-state index in [2.05, 4.69) is 34.0 Å². The Morgan fingerprint density at radius 3 is 2.94 bits per heavy atom. The molecule has 1 aromatic heterocycles. The van der Waals surface area contributed by atoms with E-state index in [0.29, 0.717) is 6.04 Å². The highest BCUT2D eigenvalue weighted by Gasteiger charge is 2.27. The van der Waals surface area contributed by atoms with Gasteiger partial charge in [0.25, 0.3) is 0 Å². The maximum atomic E-state index is 4.35. The number of thioether (sulfide) groups is 1. The second kappa shape index (κ2) is 5.53. The average molecular weight is 237 g/mol. The fourth-order valence-electron chi connectivity index (χ4n) is 2.23. The van der Waals surface area contributed by atoms with Gasteiger partial charge in [-0.15, -0.1) is 0 Å². The monoisotopic (exact) mass is 237 g/mol. The first-order chi connectivity index (χ1) is 7.81. The van der Waals surface area contributed by atoms with E-state index >= 15 is 0 Å². The number of hydrogen-bond donors (Lipinski definition) is 1. The lowest BCUT2D eigenvalue weighted by atomic mass is 10.2. The summed E-state index contributed by atoms with van der Waals surface area (Å²) in [6, 6.07) is 0.570. The molecule has 0 bridgehead atoms. The molecule has 0 spiro atoms. The molecule has 0 aromatic carbocycles. The van der Waals surface area contributed by atoms with E-state index in [1.165, 1.54) is 25.0 Å². The Balaban J connectivity index is 2.01. The predicted molar refractivity (Wildman–Crippen MR) is 70.0 cm³/mol. The molecule has 0 amide bonds. The van der Waals surface area contributed by atoms with Gasteiger partial charge in [-0.1, -0.05) is 13.3 Å². The van der Waals surface area contributed by atoms with Crippen LogP contribution >= 0.6 is 11.8 Å². The number of nitrogens with one attached hydrogen (secondary N) is 1. The first-order valence-electron chi connectivity index (χ1n) is 5.97. The number of rotatable bonds is 4. The van der Waals surface area contributed by atoms with Crippen LogP contribution in [-0.4, -0.2) is 27.0 Å². The highest BCUT2D eigenvalue weighted by atomic mass is 32.2. The maximum Gasteiger partial charge on any atom is 0.147 e. The largest absolute Gasteiger partial charge is 0.365 e. The molecule has 1 aliphatic carbocycles. The van der Waals surface area contributed by atoms with Crippen molar-refractivity contribution in [2.45, 2.75) is 44.4 Å². The molecular weight excluding hydrogens is 218 g/mol. The van der Waals surface area contributed by atoms with Crippen LogP contribution in [0.1, 0.15) is 31.9 Å². The lowest BCUT2D eigenvalue weighted by molar-refractivity contribution is 0.759. The minimum Gasteiger partial charge on any atom is -0.365 e. The summed E-state index contributed by atoms with van der Waals surface area (Å²) in [5, 5.41) is 4.29. The number of aromatic nitrogens is 2. The topological polar surface area (TPSA) is 37.8 Å². The van der Waals surface area contributed by atoms with E-state index in [9.17, 15) is 0 Å². The summed E-state index contributed by atoms with van der Waals surface area (Å²) in [6.07, 6.45) is 7.41. The summed E-state index contributed by atoms with van der Waals surface area (Å²) in [6.45, 7) is 4.24. The number of hydrogen-bond acceptors (Lipinski definition) is 4. The molecule has 1 N–H and O–H groups in total. The Morgan fingerprint density at radius 2 is 2.19 bits per heavy atom. The summed E-state index contributed by atoms with van der Waals surface area (Å²) in [7, 11) is 0. The van der Waals surface area contributed by atoms with Crippen molar-refractivity contribution in [3.05, 3.63) is 18.1 Å². The third-order valence-electron chi connectivity index (χ3n) is 3.04. The molecule has 0 saturated heterocycles. The molecule has 1 fully saturated rings. The molecule has 2 atom stereocenters. The van der Waals surface area contributed by atoms with Gasteiger partial charge in [0.05, 0.1) is 5.69 Å². The van der Waals surface area contributed by atoms with Crippen molar-refractivity contribution >= 4 is 17.6 Å². The Bertz CT molecular complexity index is 343. The van der Waals surface area contributed by atoms with E-state index in [-0.39, 0.29) is 0 Å². The SMILES string of the molecule is CCSC1CCCC1Nc1nccnc1C. The van der Waals surface area contributed by atoms with Crippen molar-refractivity contribution in [1.29, 1.82) is 0 Å². The molecule has 1 heterocycles. The minimum absolute atomic E-state index is 0.570. The van der Waals surface area contributed by atoms with E-state index in [0.717, 1.165) is 16.8 Å². The first-order valence-corrected chi connectivity index (χ1v) is 7.02. The van der Waals surface area contributed by atoms with E-state index in [1.54, 1.807) is 12.4 Å². The van der Waals surface area contributed by atoms with Crippen molar-refractivity contribution in [3.63, 3.8) is 0 Å². The van der Waals surface area contributed by atoms with E-state index < -0.39 is 0 Å². The maximum absolute atomic E-state index is 4.35. The standard InChI is InChI=1S/C12H19N3S/c1-3-16-11-6-4-5-10(11)15-12-9(2)13-7-8-14-12/h7-8,10-11H,3-6H2,1-2H3,(H,14,15). The second-order valence-corrected chi connectivity index (χ2v) is 5.68. The fraction of sp³-hybridized carbons (Fsp3) is 0.667. The summed E-state index contributed by atoms with van der Waals surface area (Å²) < 4.78 is 0. The number of nitrogens with zero attached hydrogens (tertiary/aromatic N) is 2. The highest BCUT2D eigenvalue weighted by Crippen LogP contribution is 2.31. The Hall–Kier alpha value is -0.770. The van der Waals surface area contributed by atoms with Crippen LogP contribution in [-0.2, 0) is 0 Å². The molecular formula is C12H19N3S. The van der Waals surface area contributed by atoms with Crippen molar-refractivity contribution in [1.82, 2.24) is 9.97 Å². The quantitative estimate of drug-likeness (QED) is 0.874. The summed E-state index contributed by atoms with van der Waals surface area (Å²) in [5.41, 5.74) is 0.995. The normalized spacial score (nSPS) is 24.6. The molecule has 2 unspecified atom stereocenters. The lowest BCUT2D eigenvalue weighted by Gasteiger charge is -2.21. The highest BCUT2D eigenvalue weighted by molar-refractivity contribution is 7.99. The molecule has 1 aliphatic rings. The zero-order chi connectivity index (χ0) is 11.4. The van der Waals surface area contributed by atoms with Crippen LogP contribution in [0.15, 0.2) is 12.4 Å². The molecule has 1 aromatic rings.